The molecule has 1 aromatic rings. The summed E-state index contributed by atoms with van der Waals surface area (Å²) in [4.78, 5) is 0. The zero-order valence-corrected chi connectivity index (χ0v) is 12.3. The number of rotatable bonds is 6. The topological polar surface area (TPSA) is 41.5 Å². The molecule has 3 nitrogen and oxygen atoms in total. The van der Waals surface area contributed by atoms with Crippen LogP contribution in [0.5, 0.6) is 5.75 Å². The van der Waals surface area contributed by atoms with Gasteiger partial charge in [0.25, 0.3) is 0 Å². The van der Waals surface area contributed by atoms with Crippen molar-refractivity contribution in [1.82, 2.24) is 5.32 Å². The Bertz CT molecular complexity index is 434. The van der Waals surface area contributed by atoms with Gasteiger partial charge < -0.3 is 15.2 Å². The number of aliphatic hydroxyl groups excluding tert-OH is 1. The van der Waals surface area contributed by atoms with Gasteiger partial charge in [-0.2, -0.15) is 8.78 Å². The molecular weight excluding hydrogens is 276 g/mol. The first-order chi connectivity index (χ1) is 10.0. The highest BCUT2D eigenvalue weighted by Crippen LogP contribution is 2.25. The summed E-state index contributed by atoms with van der Waals surface area (Å²) in [5, 5.41) is 12.9. The Balaban J connectivity index is 1.83. The molecule has 118 valence electrons. The van der Waals surface area contributed by atoms with Crippen molar-refractivity contribution in [2.75, 3.05) is 6.54 Å². The van der Waals surface area contributed by atoms with E-state index in [1.165, 1.54) is 6.07 Å². The molecule has 0 aromatic heterocycles. The fourth-order valence-corrected chi connectivity index (χ4v) is 2.77. The standard InChI is InChI=1S/C16H23F2NO2/c1-11(19-10-12-5-7-14(20)8-6-12)13-3-2-4-15(9-13)21-16(17)18/h2-4,9,11-12,14,16,19-20H,5-8,10H2,1H3. The highest BCUT2D eigenvalue weighted by Gasteiger charge is 2.19. The number of benzene rings is 1. The van der Waals surface area contributed by atoms with E-state index in [2.05, 4.69) is 10.1 Å². The van der Waals surface area contributed by atoms with Crippen molar-refractivity contribution >= 4 is 0 Å². The minimum absolute atomic E-state index is 0.0815. The molecule has 2 N–H and O–H groups in total. The number of aliphatic hydroxyl groups is 1. The van der Waals surface area contributed by atoms with E-state index in [0.717, 1.165) is 37.8 Å². The van der Waals surface area contributed by atoms with Crippen LogP contribution in [0.25, 0.3) is 0 Å². The van der Waals surface area contributed by atoms with Crippen molar-refractivity contribution < 1.29 is 18.6 Å². The Kier molecular flexibility index (Phi) is 5.94. The normalized spacial score (nSPS) is 24.0. The third-order valence-corrected chi connectivity index (χ3v) is 4.11. The number of halogens is 2. The lowest BCUT2D eigenvalue weighted by atomic mass is 9.87. The maximum absolute atomic E-state index is 12.2. The molecule has 1 atom stereocenters. The van der Waals surface area contributed by atoms with Crippen LogP contribution in [0.1, 0.15) is 44.2 Å². The van der Waals surface area contributed by atoms with Gasteiger partial charge in [-0.15, -0.1) is 0 Å². The van der Waals surface area contributed by atoms with Crippen LogP contribution in [0.2, 0.25) is 0 Å². The van der Waals surface area contributed by atoms with Gasteiger partial charge in [0.05, 0.1) is 6.10 Å². The summed E-state index contributed by atoms with van der Waals surface area (Å²) in [6.07, 6.45) is 3.68. The highest BCUT2D eigenvalue weighted by atomic mass is 19.3. The van der Waals surface area contributed by atoms with Gasteiger partial charge in [-0.05, 0) is 62.8 Å². The molecular formula is C16H23F2NO2. The van der Waals surface area contributed by atoms with E-state index in [0.29, 0.717) is 5.92 Å². The van der Waals surface area contributed by atoms with E-state index in [-0.39, 0.29) is 17.9 Å². The summed E-state index contributed by atoms with van der Waals surface area (Å²) in [5.41, 5.74) is 0.934. The molecule has 21 heavy (non-hydrogen) atoms. The van der Waals surface area contributed by atoms with Crippen molar-refractivity contribution in [3.8, 4) is 5.75 Å². The fraction of sp³-hybridized carbons (Fsp3) is 0.625. The van der Waals surface area contributed by atoms with Crippen molar-refractivity contribution in [1.29, 1.82) is 0 Å². The summed E-state index contributed by atoms with van der Waals surface area (Å²) >= 11 is 0. The van der Waals surface area contributed by atoms with Crippen LogP contribution in [0, 0.1) is 5.92 Å². The molecule has 0 heterocycles. The third-order valence-electron chi connectivity index (χ3n) is 4.11. The smallest absolute Gasteiger partial charge is 0.387 e. The fourth-order valence-electron chi connectivity index (χ4n) is 2.77. The number of ether oxygens (including phenoxy) is 1. The molecule has 0 amide bonds. The minimum Gasteiger partial charge on any atom is -0.435 e. The number of alkyl halides is 2. The van der Waals surface area contributed by atoms with Crippen LogP contribution in [0.15, 0.2) is 24.3 Å². The molecule has 0 aliphatic heterocycles. The zero-order valence-electron chi connectivity index (χ0n) is 12.3. The molecule has 0 bridgehead atoms. The van der Waals surface area contributed by atoms with E-state index in [9.17, 15) is 13.9 Å². The first kappa shape index (κ1) is 16.2. The lowest BCUT2D eigenvalue weighted by Gasteiger charge is -2.27. The van der Waals surface area contributed by atoms with Crippen LogP contribution in [0.4, 0.5) is 8.78 Å². The second-order valence-corrected chi connectivity index (χ2v) is 5.76. The van der Waals surface area contributed by atoms with Crippen LogP contribution in [-0.2, 0) is 0 Å². The average Bonchev–Trinajstić information content (AvgIpc) is 2.46. The minimum atomic E-state index is -2.79. The Labute approximate surface area is 124 Å². The summed E-state index contributed by atoms with van der Waals surface area (Å²) in [6.45, 7) is 0.102. The summed E-state index contributed by atoms with van der Waals surface area (Å²) in [7, 11) is 0. The van der Waals surface area contributed by atoms with E-state index in [4.69, 9.17) is 0 Å². The Morgan fingerprint density at radius 2 is 2.00 bits per heavy atom. The molecule has 1 saturated carbocycles. The van der Waals surface area contributed by atoms with Gasteiger partial charge in [0.1, 0.15) is 5.75 Å². The number of hydrogen-bond donors (Lipinski definition) is 2. The summed E-state index contributed by atoms with van der Waals surface area (Å²) < 4.78 is 28.9. The molecule has 1 unspecified atom stereocenters. The maximum Gasteiger partial charge on any atom is 0.387 e. The Hall–Kier alpha value is -1.20. The Morgan fingerprint density at radius 3 is 2.67 bits per heavy atom. The number of hydrogen-bond acceptors (Lipinski definition) is 3. The van der Waals surface area contributed by atoms with Crippen LogP contribution < -0.4 is 10.1 Å². The van der Waals surface area contributed by atoms with Crippen molar-refractivity contribution in [3.05, 3.63) is 29.8 Å². The molecule has 1 fully saturated rings. The van der Waals surface area contributed by atoms with Crippen LogP contribution >= 0.6 is 0 Å². The highest BCUT2D eigenvalue weighted by molar-refractivity contribution is 5.30. The monoisotopic (exact) mass is 299 g/mol. The van der Waals surface area contributed by atoms with Gasteiger partial charge in [0.2, 0.25) is 0 Å². The van der Waals surface area contributed by atoms with Crippen molar-refractivity contribution in [2.45, 2.75) is 51.4 Å². The molecule has 2 rings (SSSR count). The maximum atomic E-state index is 12.2. The SMILES string of the molecule is CC(NCC1CCC(O)CC1)c1cccc(OC(F)F)c1. The van der Waals surface area contributed by atoms with Gasteiger partial charge in [0.15, 0.2) is 0 Å². The van der Waals surface area contributed by atoms with E-state index < -0.39 is 6.61 Å². The van der Waals surface area contributed by atoms with Gasteiger partial charge in [-0.25, -0.2) is 0 Å². The van der Waals surface area contributed by atoms with Gasteiger partial charge in [0, 0.05) is 6.04 Å². The zero-order chi connectivity index (χ0) is 15.2. The lowest BCUT2D eigenvalue weighted by molar-refractivity contribution is -0.0499. The van der Waals surface area contributed by atoms with Gasteiger partial charge in [-0.1, -0.05) is 12.1 Å². The second-order valence-electron chi connectivity index (χ2n) is 5.76. The molecule has 1 aliphatic carbocycles. The number of nitrogens with one attached hydrogen (secondary N) is 1. The summed E-state index contributed by atoms with van der Waals surface area (Å²) in [6, 6.07) is 6.89. The van der Waals surface area contributed by atoms with Gasteiger partial charge >= 0.3 is 6.61 Å². The Morgan fingerprint density at radius 1 is 1.29 bits per heavy atom. The first-order valence-electron chi connectivity index (χ1n) is 7.51. The van der Waals surface area contributed by atoms with Crippen LogP contribution in [0.3, 0.4) is 0 Å². The quantitative estimate of drug-likeness (QED) is 0.845. The van der Waals surface area contributed by atoms with E-state index in [1.54, 1.807) is 12.1 Å². The largest absolute Gasteiger partial charge is 0.435 e. The van der Waals surface area contributed by atoms with Gasteiger partial charge in [-0.3, -0.25) is 0 Å². The predicted octanol–water partition coefficient (Wildman–Crippen LogP) is 3.49. The van der Waals surface area contributed by atoms with Crippen molar-refractivity contribution in [2.24, 2.45) is 5.92 Å². The first-order valence-corrected chi connectivity index (χ1v) is 7.51. The molecule has 1 aromatic carbocycles. The lowest BCUT2D eigenvalue weighted by Crippen LogP contribution is -2.29. The third kappa shape index (κ3) is 5.25. The summed E-state index contributed by atoms with van der Waals surface area (Å²) in [5.74, 6) is 0.772. The second kappa shape index (κ2) is 7.71. The molecule has 0 spiro atoms. The van der Waals surface area contributed by atoms with E-state index >= 15 is 0 Å². The molecule has 1 aliphatic rings. The molecule has 5 heteroatoms. The molecule has 0 saturated heterocycles. The van der Waals surface area contributed by atoms with Crippen LogP contribution in [-0.4, -0.2) is 24.4 Å². The molecule has 0 radical (unpaired) electrons. The van der Waals surface area contributed by atoms with Crippen molar-refractivity contribution in [3.63, 3.8) is 0 Å². The average molecular weight is 299 g/mol. The van der Waals surface area contributed by atoms with E-state index in [1.807, 2.05) is 13.0 Å². The predicted molar refractivity (Wildman–Crippen MR) is 77.5 cm³/mol.